The van der Waals surface area contributed by atoms with Crippen LogP contribution in [0.4, 0.5) is 0 Å². The third-order valence-corrected chi connectivity index (χ3v) is 6.47. The van der Waals surface area contributed by atoms with E-state index in [1.54, 1.807) is 13.0 Å². The minimum atomic E-state index is -3.66. The first-order valence-corrected chi connectivity index (χ1v) is 8.55. The molecular weight excluding hydrogens is 290 g/mol. The van der Waals surface area contributed by atoms with E-state index in [0.29, 0.717) is 18.0 Å². The van der Waals surface area contributed by atoms with Crippen LogP contribution in [0.5, 0.6) is 0 Å². The van der Waals surface area contributed by atoms with Gasteiger partial charge in [0.1, 0.15) is 0 Å². The number of nitrogens with zero attached hydrogens (tertiary/aromatic N) is 1. The lowest BCUT2D eigenvalue weighted by Gasteiger charge is -2.37. The van der Waals surface area contributed by atoms with Gasteiger partial charge in [-0.2, -0.15) is 4.31 Å². The number of piperidine rings is 1. The Morgan fingerprint density at radius 1 is 1.33 bits per heavy atom. The van der Waals surface area contributed by atoms with Crippen LogP contribution >= 0.6 is 0 Å². The summed E-state index contributed by atoms with van der Waals surface area (Å²) in [5.41, 5.74) is 0.572. The molecule has 116 valence electrons. The van der Waals surface area contributed by atoms with Gasteiger partial charge in [0.15, 0.2) is 0 Å². The number of carboxylic acid groups (broad SMARTS) is 1. The molecular formula is C15H21NO4S. The van der Waals surface area contributed by atoms with Gasteiger partial charge in [-0.05, 0) is 50.3 Å². The summed E-state index contributed by atoms with van der Waals surface area (Å²) in [7, 11) is -3.66. The smallest absolute Gasteiger partial charge is 0.335 e. The zero-order chi connectivity index (χ0) is 15.8. The van der Waals surface area contributed by atoms with Crippen molar-refractivity contribution in [2.75, 3.05) is 6.54 Å². The van der Waals surface area contributed by atoms with E-state index < -0.39 is 16.0 Å². The fourth-order valence-electron chi connectivity index (χ4n) is 2.77. The first kappa shape index (κ1) is 16.0. The molecule has 1 aliphatic rings. The van der Waals surface area contributed by atoms with Crippen molar-refractivity contribution in [1.29, 1.82) is 0 Å². The highest BCUT2D eigenvalue weighted by atomic mass is 32.2. The maximum atomic E-state index is 12.9. The predicted octanol–water partition coefficient (Wildman–Crippen LogP) is 2.50. The normalized spacial score (nSPS) is 24.0. The van der Waals surface area contributed by atoms with Crippen molar-refractivity contribution in [1.82, 2.24) is 4.31 Å². The average Bonchev–Trinajstić information content (AvgIpc) is 2.41. The Labute approximate surface area is 125 Å². The van der Waals surface area contributed by atoms with Crippen molar-refractivity contribution in [2.24, 2.45) is 5.92 Å². The number of aromatic carboxylic acids is 1. The number of carboxylic acids is 1. The molecule has 2 atom stereocenters. The van der Waals surface area contributed by atoms with Crippen LogP contribution in [0.2, 0.25) is 0 Å². The average molecular weight is 311 g/mol. The standard InChI is InChI=1S/C15H21NO4S/c1-10-5-4-8-16(12(10)3)21(19,20)14-9-13(15(17)18)7-6-11(14)2/h6-7,9-10,12H,4-5,8H2,1-3H3,(H,17,18). The van der Waals surface area contributed by atoms with Crippen molar-refractivity contribution in [3.63, 3.8) is 0 Å². The van der Waals surface area contributed by atoms with Crippen LogP contribution in [0, 0.1) is 12.8 Å². The van der Waals surface area contributed by atoms with Gasteiger partial charge in [-0.3, -0.25) is 0 Å². The van der Waals surface area contributed by atoms with Gasteiger partial charge in [0.25, 0.3) is 0 Å². The summed E-state index contributed by atoms with van der Waals surface area (Å²) in [6.07, 6.45) is 1.85. The molecule has 1 aromatic rings. The Kier molecular flexibility index (Phi) is 4.39. The molecule has 1 aliphatic heterocycles. The van der Waals surface area contributed by atoms with E-state index in [-0.39, 0.29) is 16.5 Å². The third kappa shape index (κ3) is 2.96. The molecule has 1 heterocycles. The van der Waals surface area contributed by atoms with E-state index in [2.05, 4.69) is 0 Å². The van der Waals surface area contributed by atoms with Gasteiger partial charge in [0.2, 0.25) is 10.0 Å². The summed E-state index contributed by atoms with van der Waals surface area (Å²) in [5.74, 6) is -0.817. The molecule has 1 saturated heterocycles. The highest BCUT2D eigenvalue weighted by Crippen LogP contribution is 2.30. The van der Waals surface area contributed by atoms with Crippen molar-refractivity contribution in [3.8, 4) is 0 Å². The quantitative estimate of drug-likeness (QED) is 0.930. The van der Waals surface area contributed by atoms with Crippen LogP contribution in [0.1, 0.15) is 42.6 Å². The molecule has 0 amide bonds. The Bertz CT molecular complexity index is 654. The van der Waals surface area contributed by atoms with E-state index in [1.165, 1.54) is 16.4 Å². The van der Waals surface area contributed by atoms with E-state index in [4.69, 9.17) is 5.11 Å². The molecule has 0 aliphatic carbocycles. The fraction of sp³-hybridized carbons (Fsp3) is 0.533. The van der Waals surface area contributed by atoms with Crippen LogP contribution in [0.3, 0.4) is 0 Å². The minimum Gasteiger partial charge on any atom is -0.478 e. The molecule has 21 heavy (non-hydrogen) atoms. The van der Waals surface area contributed by atoms with E-state index in [0.717, 1.165) is 12.8 Å². The number of hydrogen-bond donors (Lipinski definition) is 1. The molecule has 1 aromatic carbocycles. The summed E-state index contributed by atoms with van der Waals surface area (Å²) < 4.78 is 27.3. The van der Waals surface area contributed by atoms with E-state index in [1.807, 2.05) is 13.8 Å². The second-order valence-corrected chi connectivity index (χ2v) is 7.62. The summed E-state index contributed by atoms with van der Waals surface area (Å²) in [5, 5.41) is 9.06. The molecule has 1 N–H and O–H groups in total. The molecule has 2 unspecified atom stereocenters. The van der Waals surface area contributed by atoms with E-state index >= 15 is 0 Å². The van der Waals surface area contributed by atoms with Crippen LogP contribution < -0.4 is 0 Å². The second kappa shape index (κ2) is 5.77. The Balaban J connectivity index is 2.48. The highest BCUT2D eigenvalue weighted by molar-refractivity contribution is 7.89. The molecule has 0 saturated carbocycles. The molecule has 0 radical (unpaired) electrons. The van der Waals surface area contributed by atoms with E-state index in [9.17, 15) is 13.2 Å². The van der Waals surface area contributed by atoms with Crippen LogP contribution in [0.25, 0.3) is 0 Å². The monoisotopic (exact) mass is 311 g/mol. The van der Waals surface area contributed by atoms with Crippen molar-refractivity contribution < 1.29 is 18.3 Å². The Morgan fingerprint density at radius 3 is 2.62 bits per heavy atom. The van der Waals surface area contributed by atoms with Gasteiger partial charge in [0.05, 0.1) is 10.5 Å². The number of carbonyl (C=O) groups is 1. The molecule has 0 spiro atoms. The molecule has 0 aromatic heterocycles. The maximum Gasteiger partial charge on any atom is 0.335 e. The zero-order valence-electron chi connectivity index (χ0n) is 12.5. The largest absolute Gasteiger partial charge is 0.478 e. The topological polar surface area (TPSA) is 74.7 Å². The van der Waals surface area contributed by atoms with Crippen molar-refractivity contribution in [3.05, 3.63) is 29.3 Å². The summed E-state index contributed by atoms with van der Waals surface area (Å²) in [6.45, 7) is 6.14. The van der Waals surface area contributed by atoms with Crippen molar-refractivity contribution >= 4 is 16.0 Å². The van der Waals surface area contributed by atoms with Gasteiger partial charge >= 0.3 is 5.97 Å². The van der Waals surface area contributed by atoms with Gasteiger partial charge in [-0.1, -0.05) is 13.0 Å². The molecule has 1 fully saturated rings. The SMILES string of the molecule is Cc1ccc(C(=O)O)cc1S(=O)(=O)N1CCCC(C)C1C. The van der Waals surface area contributed by atoms with Gasteiger partial charge < -0.3 is 5.11 Å². The van der Waals surface area contributed by atoms with Gasteiger partial charge in [-0.25, -0.2) is 13.2 Å². The number of hydrogen-bond acceptors (Lipinski definition) is 3. The Hall–Kier alpha value is -1.40. The second-order valence-electron chi connectivity index (χ2n) is 5.76. The number of aryl methyl sites for hydroxylation is 1. The summed E-state index contributed by atoms with van der Waals surface area (Å²) in [4.78, 5) is 11.2. The fourth-order valence-corrected chi connectivity index (χ4v) is 4.79. The number of benzene rings is 1. The van der Waals surface area contributed by atoms with Gasteiger partial charge in [0, 0.05) is 12.6 Å². The summed E-state index contributed by atoms with van der Waals surface area (Å²) >= 11 is 0. The Morgan fingerprint density at radius 2 is 2.00 bits per heavy atom. The number of sulfonamides is 1. The first-order valence-electron chi connectivity index (χ1n) is 7.11. The lowest BCUT2D eigenvalue weighted by atomic mass is 9.94. The third-order valence-electron chi connectivity index (χ3n) is 4.34. The van der Waals surface area contributed by atoms with Crippen LogP contribution in [0.15, 0.2) is 23.1 Å². The molecule has 0 bridgehead atoms. The highest BCUT2D eigenvalue weighted by Gasteiger charge is 2.35. The molecule has 2 rings (SSSR count). The maximum absolute atomic E-state index is 12.9. The first-order chi connectivity index (χ1) is 9.75. The zero-order valence-corrected chi connectivity index (χ0v) is 13.4. The van der Waals surface area contributed by atoms with Crippen molar-refractivity contribution in [2.45, 2.75) is 44.6 Å². The van der Waals surface area contributed by atoms with Crippen LogP contribution in [-0.2, 0) is 10.0 Å². The lowest BCUT2D eigenvalue weighted by molar-refractivity contribution is 0.0696. The lowest BCUT2D eigenvalue weighted by Crippen LogP contribution is -2.46. The number of rotatable bonds is 3. The predicted molar refractivity (Wildman–Crippen MR) is 79.9 cm³/mol. The molecule has 5 nitrogen and oxygen atoms in total. The molecule has 6 heteroatoms. The summed E-state index contributed by atoms with van der Waals surface area (Å²) in [6, 6.07) is 4.17. The minimum absolute atomic E-state index is 0.00288. The van der Waals surface area contributed by atoms with Crippen LogP contribution in [-0.4, -0.2) is 36.4 Å². The van der Waals surface area contributed by atoms with Gasteiger partial charge in [-0.15, -0.1) is 0 Å².